The molecule has 1 aliphatic heterocycles. The average Bonchev–Trinajstić information content (AvgIpc) is 3.11. The van der Waals surface area contributed by atoms with Gasteiger partial charge < -0.3 is 15.2 Å². The number of thiocarbonyl (C=S) groups is 1. The fourth-order valence-electron chi connectivity index (χ4n) is 3.90. The van der Waals surface area contributed by atoms with Crippen LogP contribution in [-0.2, 0) is 9.53 Å². The number of unbranched alkanes of at least 4 members (excludes halogenated alkanes) is 1. The van der Waals surface area contributed by atoms with Crippen LogP contribution in [0, 0.1) is 12.8 Å². The average molecular weight is 519 g/mol. The van der Waals surface area contributed by atoms with Gasteiger partial charge in [-0.05, 0) is 37.0 Å². The minimum atomic E-state index is -0.267. The number of ether oxygens (including phenoxy) is 1. The predicted octanol–water partition coefficient (Wildman–Crippen LogP) is 3.84. The molecule has 1 amide bonds. The minimum Gasteiger partial charge on any atom is -0.394 e. The molecule has 1 saturated heterocycles. The SMILES string of the molecule is CCCCC(CC)CN1C(=O)/C(=C\c2c(NCCOCCO)nc3ccc(C)cn3c2=O)SC1=S. The van der Waals surface area contributed by atoms with Crippen molar-refractivity contribution in [3.05, 3.63) is 44.7 Å². The number of carbonyl (C=O) groups excluding carboxylic acids is 1. The maximum Gasteiger partial charge on any atom is 0.267 e. The maximum atomic E-state index is 13.4. The lowest BCUT2D eigenvalue weighted by atomic mass is 9.99. The Morgan fingerprint density at radius 2 is 2.09 bits per heavy atom. The van der Waals surface area contributed by atoms with Crippen molar-refractivity contribution in [1.82, 2.24) is 14.3 Å². The number of fused-ring (bicyclic) bond motifs is 1. The number of hydrogen-bond donors (Lipinski definition) is 2. The van der Waals surface area contributed by atoms with Crippen LogP contribution in [0.25, 0.3) is 11.7 Å². The molecule has 1 atom stereocenters. The van der Waals surface area contributed by atoms with Crippen LogP contribution in [-0.4, -0.2) is 62.5 Å². The molecule has 3 heterocycles. The zero-order valence-corrected chi connectivity index (χ0v) is 22.2. The van der Waals surface area contributed by atoms with E-state index in [0.29, 0.717) is 51.9 Å². The highest BCUT2D eigenvalue weighted by molar-refractivity contribution is 8.26. The van der Waals surface area contributed by atoms with Gasteiger partial charge in [0.05, 0.1) is 30.3 Å². The number of carbonyl (C=O) groups is 1. The summed E-state index contributed by atoms with van der Waals surface area (Å²) in [6.07, 6.45) is 7.63. The van der Waals surface area contributed by atoms with Crippen molar-refractivity contribution < 1.29 is 14.6 Å². The van der Waals surface area contributed by atoms with Gasteiger partial charge >= 0.3 is 0 Å². The first-order valence-electron chi connectivity index (χ1n) is 12.1. The Bertz CT molecular complexity index is 1150. The smallest absolute Gasteiger partial charge is 0.267 e. The number of thioether (sulfide) groups is 1. The molecule has 0 saturated carbocycles. The monoisotopic (exact) mass is 518 g/mol. The number of anilines is 1. The molecule has 1 unspecified atom stereocenters. The molecule has 1 fully saturated rings. The van der Waals surface area contributed by atoms with Crippen LogP contribution in [0.2, 0.25) is 0 Å². The molecule has 0 aromatic carbocycles. The Hall–Kier alpha value is -2.27. The summed E-state index contributed by atoms with van der Waals surface area (Å²) in [5.41, 5.74) is 1.46. The molecule has 190 valence electrons. The summed E-state index contributed by atoms with van der Waals surface area (Å²) in [6, 6.07) is 3.68. The molecular weight excluding hydrogens is 484 g/mol. The molecule has 2 N–H and O–H groups in total. The van der Waals surface area contributed by atoms with E-state index < -0.39 is 0 Å². The summed E-state index contributed by atoms with van der Waals surface area (Å²) in [5.74, 6) is 0.607. The summed E-state index contributed by atoms with van der Waals surface area (Å²) in [4.78, 5) is 33.4. The number of nitrogens with zero attached hydrogens (tertiary/aromatic N) is 3. The van der Waals surface area contributed by atoms with Crippen LogP contribution in [0.4, 0.5) is 5.82 Å². The number of nitrogens with one attached hydrogen (secondary N) is 1. The Labute approximate surface area is 215 Å². The molecule has 2 aromatic rings. The third kappa shape index (κ3) is 6.91. The van der Waals surface area contributed by atoms with Crippen molar-refractivity contribution in [3.8, 4) is 0 Å². The van der Waals surface area contributed by atoms with Crippen molar-refractivity contribution in [3.63, 3.8) is 0 Å². The van der Waals surface area contributed by atoms with Crippen LogP contribution < -0.4 is 10.9 Å². The topological polar surface area (TPSA) is 96.2 Å². The second kappa shape index (κ2) is 13.2. The molecule has 0 bridgehead atoms. The molecule has 2 aromatic heterocycles. The van der Waals surface area contributed by atoms with Crippen LogP contribution in [0.15, 0.2) is 28.0 Å². The van der Waals surface area contributed by atoms with Gasteiger partial charge in [0, 0.05) is 19.3 Å². The zero-order valence-electron chi connectivity index (χ0n) is 20.6. The Balaban J connectivity index is 1.93. The van der Waals surface area contributed by atoms with Crippen molar-refractivity contribution in [2.24, 2.45) is 5.92 Å². The number of rotatable bonds is 13. The molecule has 35 heavy (non-hydrogen) atoms. The summed E-state index contributed by atoms with van der Waals surface area (Å²) in [5, 5.41) is 12.0. The highest BCUT2D eigenvalue weighted by Crippen LogP contribution is 2.34. The van der Waals surface area contributed by atoms with E-state index in [4.69, 9.17) is 22.1 Å². The summed E-state index contributed by atoms with van der Waals surface area (Å²) in [7, 11) is 0. The van der Waals surface area contributed by atoms with E-state index >= 15 is 0 Å². The van der Waals surface area contributed by atoms with E-state index in [-0.39, 0.29) is 24.7 Å². The largest absolute Gasteiger partial charge is 0.394 e. The highest BCUT2D eigenvalue weighted by Gasteiger charge is 2.33. The molecule has 0 aliphatic carbocycles. The number of aryl methyl sites for hydroxylation is 1. The molecular formula is C25H34N4O4S2. The molecule has 10 heteroatoms. The molecule has 0 spiro atoms. The van der Waals surface area contributed by atoms with Crippen molar-refractivity contribution in [1.29, 1.82) is 0 Å². The fraction of sp³-hybridized carbons (Fsp3) is 0.520. The number of aliphatic hydroxyl groups is 1. The van der Waals surface area contributed by atoms with E-state index in [9.17, 15) is 9.59 Å². The number of aromatic nitrogens is 2. The van der Waals surface area contributed by atoms with E-state index in [1.807, 2.05) is 13.0 Å². The van der Waals surface area contributed by atoms with Gasteiger partial charge in [-0.3, -0.25) is 18.9 Å². The normalized spacial score (nSPS) is 16.0. The lowest BCUT2D eigenvalue weighted by molar-refractivity contribution is -0.122. The Morgan fingerprint density at radius 3 is 2.80 bits per heavy atom. The molecule has 1 aliphatic rings. The van der Waals surface area contributed by atoms with Crippen LogP contribution in [0.5, 0.6) is 0 Å². The zero-order chi connectivity index (χ0) is 25.4. The third-order valence-corrected chi connectivity index (χ3v) is 7.29. The molecule has 3 rings (SSSR count). The van der Waals surface area contributed by atoms with Crippen molar-refractivity contribution in [2.45, 2.75) is 46.5 Å². The van der Waals surface area contributed by atoms with E-state index in [1.165, 1.54) is 16.2 Å². The molecule has 0 radical (unpaired) electrons. The molecule has 8 nitrogen and oxygen atoms in total. The first-order chi connectivity index (χ1) is 16.9. The first kappa shape index (κ1) is 27.3. The quantitative estimate of drug-likeness (QED) is 0.235. The van der Waals surface area contributed by atoms with Crippen LogP contribution in [0.1, 0.15) is 50.7 Å². The summed E-state index contributed by atoms with van der Waals surface area (Å²) < 4.78 is 7.33. The van der Waals surface area contributed by atoms with Crippen LogP contribution >= 0.6 is 24.0 Å². The third-order valence-electron chi connectivity index (χ3n) is 5.91. The number of aliphatic hydroxyl groups excluding tert-OH is 1. The van der Waals surface area contributed by atoms with Gasteiger partial charge in [-0.15, -0.1) is 0 Å². The minimum absolute atomic E-state index is 0.0562. The second-order valence-corrected chi connectivity index (χ2v) is 10.3. The number of amides is 1. The van der Waals surface area contributed by atoms with Crippen molar-refractivity contribution >= 4 is 51.7 Å². The van der Waals surface area contributed by atoms with E-state index in [2.05, 4.69) is 24.1 Å². The van der Waals surface area contributed by atoms with Gasteiger partial charge in [0.2, 0.25) is 0 Å². The standard InChI is InChI=1S/C25H34N4O4S2/c1-4-6-7-18(5-2)16-29-24(32)20(35-25(29)34)14-19-22(26-10-12-33-13-11-30)27-21-9-8-17(3)15-28(21)23(19)31/h8-9,14-15,18,26,30H,4-7,10-13,16H2,1-3H3/b20-14+. The van der Waals surface area contributed by atoms with Gasteiger partial charge in [0.1, 0.15) is 15.8 Å². The maximum absolute atomic E-state index is 13.4. The van der Waals surface area contributed by atoms with Gasteiger partial charge in [0.15, 0.2) is 0 Å². The van der Waals surface area contributed by atoms with Crippen molar-refractivity contribution in [2.75, 3.05) is 38.2 Å². The summed E-state index contributed by atoms with van der Waals surface area (Å²) >= 11 is 6.76. The van der Waals surface area contributed by atoms with E-state index in [1.54, 1.807) is 23.2 Å². The van der Waals surface area contributed by atoms with Gasteiger partial charge in [-0.25, -0.2) is 4.98 Å². The highest BCUT2D eigenvalue weighted by atomic mass is 32.2. The fourth-order valence-corrected chi connectivity index (χ4v) is 5.15. The van der Waals surface area contributed by atoms with Gasteiger partial charge in [-0.1, -0.05) is 63.2 Å². The van der Waals surface area contributed by atoms with E-state index in [0.717, 1.165) is 31.2 Å². The second-order valence-electron chi connectivity index (χ2n) is 8.59. The van der Waals surface area contributed by atoms with Gasteiger partial charge in [-0.2, -0.15) is 0 Å². The number of pyridine rings is 1. The van der Waals surface area contributed by atoms with Gasteiger partial charge in [0.25, 0.3) is 11.5 Å². The summed E-state index contributed by atoms with van der Waals surface area (Å²) in [6.45, 7) is 7.72. The number of hydrogen-bond acceptors (Lipinski definition) is 8. The van der Waals surface area contributed by atoms with Crippen LogP contribution in [0.3, 0.4) is 0 Å². The Morgan fingerprint density at radius 1 is 1.29 bits per heavy atom. The lowest BCUT2D eigenvalue weighted by Gasteiger charge is -2.21. The Kier molecular flexibility index (Phi) is 10.3. The predicted molar refractivity (Wildman–Crippen MR) is 146 cm³/mol. The lowest BCUT2D eigenvalue weighted by Crippen LogP contribution is -2.33. The first-order valence-corrected chi connectivity index (χ1v) is 13.3.